The Bertz CT molecular complexity index is 1140. The minimum Gasteiger partial charge on any atom is -0.479 e. The topological polar surface area (TPSA) is 79.7 Å². The third-order valence-electron chi connectivity index (χ3n) is 5.75. The van der Waals surface area contributed by atoms with Crippen molar-refractivity contribution in [2.75, 3.05) is 0 Å². The third kappa shape index (κ3) is 4.12. The van der Waals surface area contributed by atoms with Crippen LogP contribution in [-0.4, -0.2) is 26.8 Å². The van der Waals surface area contributed by atoms with Crippen LogP contribution in [0.2, 0.25) is 0 Å². The maximum absolute atomic E-state index is 12.4. The van der Waals surface area contributed by atoms with Crippen molar-refractivity contribution >= 4 is 27.5 Å². The predicted octanol–water partition coefficient (Wildman–Crippen LogP) is 5.58. The smallest absolute Gasteiger partial charge is 0.337 e. The van der Waals surface area contributed by atoms with Crippen LogP contribution in [0.5, 0.6) is 0 Å². The Morgan fingerprint density at radius 2 is 1.94 bits per heavy atom. The van der Waals surface area contributed by atoms with E-state index in [0.29, 0.717) is 11.3 Å². The summed E-state index contributed by atoms with van der Waals surface area (Å²) in [6.45, 7) is 7.32. The molecule has 6 heteroatoms. The Balaban J connectivity index is 2.12. The highest BCUT2D eigenvalue weighted by atomic mass is 32.1. The molecular formula is C25H29NO4S. The highest BCUT2D eigenvalue weighted by molar-refractivity contribution is 7.19. The van der Waals surface area contributed by atoms with E-state index in [4.69, 9.17) is 9.72 Å². The first kappa shape index (κ1) is 21.9. The number of hydrogen-bond donors (Lipinski definition) is 2. The number of carboxylic acids is 1. The zero-order valence-electron chi connectivity index (χ0n) is 18.5. The molecule has 31 heavy (non-hydrogen) atoms. The molecule has 0 aliphatic heterocycles. The molecule has 0 amide bonds. The molecule has 164 valence electrons. The van der Waals surface area contributed by atoms with Crippen molar-refractivity contribution in [1.29, 1.82) is 0 Å². The van der Waals surface area contributed by atoms with Crippen molar-refractivity contribution in [3.63, 3.8) is 0 Å². The van der Waals surface area contributed by atoms with Gasteiger partial charge in [0.05, 0.1) is 12.2 Å². The molecule has 0 spiro atoms. The first-order chi connectivity index (χ1) is 14.7. The summed E-state index contributed by atoms with van der Waals surface area (Å²) in [5.74, 6) is -1.04. The molecule has 1 atom stereocenters. The van der Waals surface area contributed by atoms with Gasteiger partial charge in [0.25, 0.3) is 0 Å². The molecule has 4 rings (SSSR count). The Labute approximate surface area is 186 Å². The number of fused-ring (bicyclic) bond motifs is 3. The van der Waals surface area contributed by atoms with Crippen LogP contribution in [0.15, 0.2) is 24.3 Å². The van der Waals surface area contributed by atoms with E-state index in [-0.39, 0.29) is 6.61 Å². The number of aromatic nitrogens is 1. The Kier molecular flexibility index (Phi) is 5.90. The van der Waals surface area contributed by atoms with Crippen molar-refractivity contribution in [3.05, 3.63) is 51.5 Å². The van der Waals surface area contributed by atoms with Crippen LogP contribution in [0.1, 0.15) is 67.0 Å². The zero-order valence-corrected chi connectivity index (χ0v) is 19.3. The summed E-state index contributed by atoms with van der Waals surface area (Å²) in [5.41, 5.74) is 4.35. The van der Waals surface area contributed by atoms with E-state index >= 15 is 0 Å². The lowest BCUT2D eigenvalue weighted by Gasteiger charge is -2.28. The van der Waals surface area contributed by atoms with Crippen molar-refractivity contribution in [1.82, 2.24) is 4.98 Å². The van der Waals surface area contributed by atoms with Gasteiger partial charge in [0.15, 0.2) is 6.10 Å². The number of carboxylic acid groups (broad SMARTS) is 1. The molecule has 1 aliphatic carbocycles. The van der Waals surface area contributed by atoms with Crippen molar-refractivity contribution in [2.45, 2.75) is 71.7 Å². The summed E-state index contributed by atoms with van der Waals surface area (Å²) in [5, 5.41) is 21.3. The molecule has 2 N–H and O–H groups in total. The number of aryl methyl sites for hydroxylation is 3. The molecule has 0 saturated carbocycles. The molecule has 3 aromatic rings. The largest absolute Gasteiger partial charge is 0.479 e. The SMILES string of the molecule is Cc1nc2sc3c(c2c(-c2ccccc2CO)c1C(OC(C)(C)C)C(=O)O)CCCC3. The molecule has 5 nitrogen and oxygen atoms in total. The summed E-state index contributed by atoms with van der Waals surface area (Å²) in [6, 6.07) is 7.68. The van der Waals surface area contributed by atoms with Gasteiger partial charge in [-0.05, 0) is 70.1 Å². The second-order valence-corrected chi connectivity index (χ2v) is 10.2. The Morgan fingerprint density at radius 3 is 2.61 bits per heavy atom. The number of hydrogen-bond acceptors (Lipinski definition) is 5. The van der Waals surface area contributed by atoms with Crippen LogP contribution in [0.3, 0.4) is 0 Å². The highest BCUT2D eigenvalue weighted by Gasteiger charge is 2.34. The number of nitrogens with zero attached hydrogens (tertiary/aromatic N) is 1. The second kappa shape index (κ2) is 8.34. The summed E-state index contributed by atoms with van der Waals surface area (Å²) in [6.07, 6.45) is 3.12. The van der Waals surface area contributed by atoms with Gasteiger partial charge in [-0.2, -0.15) is 0 Å². The van der Waals surface area contributed by atoms with Gasteiger partial charge in [0, 0.05) is 27.1 Å². The van der Waals surface area contributed by atoms with E-state index in [1.165, 1.54) is 16.9 Å². The maximum Gasteiger partial charge on any atom is 0.337 e. The minimum atomic E-state index is -1.15. The lowest BCUT2D eigenvalue weighted by atomic mass is 9.86. The zero-order chi connectivity index (χ0) is 22.3. The fourth-order valence-electron chi connectivity index (χ4n) is 4.51. The van der Waals surface area contributed by atoms with Gasteiger partial charge in [0.1, 0.15) is 4.83 Å². The fraction of sp³-hybridized carbons (Fsp3) is 0.440. The number of pyridine rings is 1. The summed E-state index contributed by atoms with van der Waals surface area (Å²) in [7, 11) is 0. The molecule has 1 unspecified atom stereocenters. The molecular weight excluding hydrogens is 410 g/mol. The monoisotopic (exact) mass is 439 g/mol. The normalized spacial score (nSPS) is 15.1. The maximum atomic E-state index is 12.4. The molecule has 0 bridgehead atoms. The Hall–Kier alpha value is -2.28. The highest BCUT2D eigenvalue weighted by Crippen LogP contribution is 2.46. The molecule has 2 heterocycles. The predicted molar refractivity (Wildman–Crippen MR) is 124 cm³/mol. The molecule has 2 aromatic heterocycles. The average molecular weight is 440 g/mol. The molecule has 1 aromatic carbocycles. The summed E-state index contributed by atoms with van der Waals surface area (Å²) < 4.78 is 6.07. The minimum absolute atomic E-state index is 0.122. The van der Waals surface area contributed by atoms with Crippen molar-refractivity contribution < 1.29 is 19.7 Å². The van der Waals surface area contributed by atoms with Gasteiger partial charge in [-0.25, -0.2) is 9.78 Å². The molecule has 0 radical (unpaired) electrons. The van der Waals surface area contributed by atoms with Crippen molar-refractivity contribution in [3.8, 4) is 11.1 Å². The quantitative estimate of drug-likeness (QED) is 0.542. The van der Waals surface area contributed by atoms with E-state index in [9.17, 15) is 15.0 Å². The van der Waals surface area contributed by atoms with E-state index in [1.54, 1.807) is 11.3 Å². The lowest BCUT2D eigenvalue weighted by molar-refractivity contribution is -0.160. The standard InChI is InChI=1S/C25H29NO4S/c1-14-19(22(24(28)29)30-25(2,3)4)20(16-10-6-5-9-15(16)13-27)21-17-11-7-8-12-18(17)31-23(21)26-14/h5-6,9-10,22,27H,7-8,11-13H2,1-4H3,(H,28,29). The van der Waals surface area contributed by atoms with Gasteiger partial charge < -0.3 is 14.9 Å². The van der Waals surface area contributed by atoms with Gasteiger partial charge in [-0.3, -0.25) is 0 Å². The number of aliphatic hydroxyl groups is 1. The number of rotatable bonds is 5. The van der Waals surface area contributed by atoms with Crippen LogP contribution in [-0.2, 0) is 29.0 Å². The third-order valence-corrected chi connectivity index (χ3v) is 6.93. The first-order valence-corrected chi connectivity index (χ1v) is 11.6. The van der Waals surface area contributed by atoms with Crippen molar-refractivity contribution in [2.24, 2.45) is 0 Å². The van der Waals surface area contributed by atoms with Gasteiger partial charge in [0.2, 0.25) is 0 Å². The summed E-state index contributed by atoms with van der Waals surface area (Å²) in [4.78, 5) is 19.6. The number of ether oxygens (including phenoxy) is 1. The summed E-state index contributed by atoms with van der Waals surface area (Å²) >= 11 is 1.72. The van der Waals surface area contributed by atoms with Crippen LogP contribution in [0.4, 0.5) is 0 Å². The van der Waals surface area contributed by atoms with Crippen LogP contribution in [0.25, 0.3) is 21.3 Å². The van der Waals surface area contributed by atoms with E-state index < -0.39 is 17.7 Å². The molecule has 0 fully saturated rings. The second-order valence-electron chi connectivity index (χ2n) is 9.14. The van der Waals surface area contributed by atoms with E-state index in [0.717, 1.165) is 46.2 Å². The molecule has 0 saturated heterocycles. The number of benzene rings is 1. The average Bonchev–Trinajstić information content (AvgIpc) is 3.08. The van der Waals surface area contributed by atoms with Gasteiger partial charge in [-0.1, -0.05) is 24.3 Å². The van der Waals surface area contributed by atoms with E-state index in [1.807, 2.05) is 52.0 Å². The first-order valence-electron chi connectivity index (χ1n) is 10.8. The van der Waals surface area contributed by atoms with Gasteiger partial charge >= 0.3 is 5.97 Å². The lowest BCUT2D eigenvalue weighted by Crippen LogP contribution is -2.28. The molecule has 1 aliphatic rings. The number of aliphatic carboxylic acids is 1. The number of aliphatic hydroxyl groups excluding tert-OH is 1. The van der Waals surface area contributed by atoms with Crippen LogP contribution < -0.4 is 0 Å². The van der Waals surface area contributed by atoms with E-state index in [2.05, 4.69) is 0 Å². The van der Waals surface area contributed by atoms with Crippen LogP contribution >= 0.6 is 11.3 Å². The Morgan fingerprint density at radius 1 is 1.23 bits per heavy atom. The number of thiophene rings is 1. The number of carbonyl (C=O) groups is 1. The van der Waals surface area contributed by atoms with Gasteiger partial charge in [-0.15, -0.1) is 11.3 Å². The van der Waals surface area contributed by atoms with Crippen LogP contribution in [0, 0.1) is 6.92 Å². The fourth-order valence-corrected chi connectivity index (χ4v) is 5.82.